The zero-order valence-electron chi connectivity index (χ0n) is 7.73. The van der Waals surface area contributed by atoms with E-state index in [2.05, 4.69) is 5.10 Å². The van der Waals surface area contributed by atoms with E-state index in [0.717, 1.165) is 37.3 Å². The van der Waals surface area contributed by atoms with Gasteiger partial charge < -0.3 is 4.90 Å². The maximum atomic E-state index is 10.6. The van der Waals surface area contributed by atoms with Crippen molar-refractivity contribution in [1.29, 1.82) is 0 Å². The monoisotopic (exact) mass is 179 g/mol. The molecule has 0 saturated heterocycles. The van der Waals surface area contributed by atoms with Gasteiger partial charge in [-0.15, -0.1) is 0 Å². The van der Waals surface area contributed by atoms with Gasteiger partial charge in [-0.25, -0.2) is 0 Å². The summed E-state index contributed by atoms with van der Waals surface area (Å²) in [4.78, 5) is 12.4. The van der Waals surface area contributed by atoms with E-state index in [1.807, 2.05) is 17.7 Å². The lowest BCUT2D eigenvalue weighted by Crippen LogP contribution is -2.20. The summed E-state index contributed by atoms with van der Waals surface area (Å²) in [6.45, 7) is 4.44. The molecule has 0 aromatic carbocycles. The molecule has 2 rings (SSSR count). The van der Waals surface area contributed by atoms with Crippen molar-refractivity contribution in [1.82, 2.24) is 14.7 Å². The van der Waals surface area contributed by atoms with Crippen LogP contribution in [0.2, 0.25) is 0 Å². The molecule has 1 amide bonds. The maximum Gasteiger partial charge on any atom is 0.210 e. The topological polar surface area (TPSA) is 38.1 Å². The molecule has 1 aliphatic heterocycles. The number of aromatic nitrogens is 2. The van der Waals surface area contributed by atoms with E-state index in [4.69, 9.17) is 0 Å². The smallest absolute Gasteiger partial charge is 0.210 e. The minimum Gasteiger partial charge on any atom is -0.339 e. The summed E-state index contributed by atoms with van der Waals surface area (Å²) in [7, 11) is 0. The molecule has 1 aliphatic rings. The van der Waals surface area contributed by atoms with E-state index >= 15 is 0 Å². The molecule has 0 unspecified atom stereocenters. The Morgan fingerprint density at radius 3 is 3.15 bits per heavy atom. The van der Waals surface area contributed by atoms with Crippen molar-refractivity contribution in [2.75, 3.05) is 6.54 Å². The fourth-order valence-electron chi connectivity index (χ4n) is 1.72. The first-order chi connectivity index (χ1) is 6.29. The van der Waals surface area contributed by atoms with Crippen LogP contribution in [0.15, 0.2) is 6.07 Å². The first-order valence-electron chi connectivity index (χ1n) is 4.52. The van der Waals surface area contributed by atoms with Crippen molar-refractivity contribution in [2.45, 2.75) is 26.4 Å². The largest absolute Gasteiger partial charge is 0.339 e. The second kappa shape index (κ2) is 3.20. The van der Waals surface area contributed by atoms with E-state index in [9.17, 15) is 4.79 Å². The molecule has 0 fully saturated rings. The molecule has 0 atom stereocenters. The average Bonchev–Trinajstić information content (AvgIpc) is 2.33. The molecule has 0 saturated carbocycles. The molecule has 0 radical (unpaired) electrons. The standard InChI is InChI=1S/C9H13N3O/c1-8-5-9-6-11(7-13)3-2-4-12(9)10-8/h5,7H,2-4,6H2,1H3. The van der Waals surface area contributed by atoms with Crippen LogP contribution in [-0.4, -0.2) is 27.6 Å². The molecular formula is C9H13N3O. The normalized spacial score (nSPS) is 16.5. The molecule has 4 nitrogen and oxygen atoms in total. The van der Waals surface area contributed by atoms with Gasteiger partial charge in [0.05, 0.1) is 17.9 Å². The molecule has 0 bridgehead atoms. The number of aryl methyl sites for hydroxylation is 2. The molecule has 70 valence electrons. The van der Waals surface area contributed by atoms with Crippen LogP contribution in [0.25, 0.3) is 0 Å². The Hall–Kier alpha value is -1.32. The number of carbonyl (C=O) groups is 1. The summed E-state index contributed by atoms with van der Waals surface area (Å²) in [5, 5.41) is 4.35. The second-order valence-corrected chi connectivity index (χ2v) is 3.43. The van der Waals surface area contributed by atoms with Crippen LogP contribution in [0, 0.1) is 6.92 Å². The maximum absolute atomic E-state index is 10.6. The van der Waals surface area contributed by atoms with Crippen molar-refractivity contribution >= 4 is 6.41 Å². The van der Waals surface area contributed by atoms with Gasteiger partial charge in [-0.05, 0) is 19.4 Å². The van der Waals surface area contributed by atoms with Gasteiger partial charge in [0.1, 0.15) is 0 Å². The van der Waals surface area contributed by atoms with Crippen LogP contribution in [0.4, 0.5) is 0 Å². The SMILES string of the molecule is Cc1cc2n(n1)CCCN(C=O)C2. The summed E-state index contributed by atoms with van der Waals surface area (Å²) in [5.74, 6) is 0. The van der Waals surface area contributed by atoms with Crippen molar-refractivity contribution in [3.05, 3.63) is 17.5 Å². The second-order valence-electron chi connectivity index (χ2n) is 3.43. The highest BCUT2D eigenvalue weighted by Gasteiger charge is 2.13. The lowest BCUT2D eigenvalue weighted by molar-refractivity contribution is -0.118. The van der Waals surface area contributed by atoms with Crippen molar-refractivity contribution in [3.63, 3.8) is 0 Å². The number of carbonyl (C=O) groups excluding carboxylic acids is 1. The van der Waals surface area contributed by atoms with Gasteiger partial charge >= 0.3 is 0 Å². The Morgan fingerprint density at radius 2 is 2.38 bits per heavy atom. The lowest BCUT2D eigenvalue weighted by atomic mass is 10.3. The van der Waals surface area contributed by atoms with Crippen LogP contribution in [0.1, 0.15) is 17.8 Å². The number of amides is 1. The predicted octanol–water partition coefficient (Wildman–Crippen LogP) is 0.554. The molecule has 0 spiro atoms. The molecular weight excluding hydrogens is 166 g/mol. The van der Waals surface area contributed by atoms with E-state index in [1.165, 1.54) is 0 Å². The average molecular weight is 179 g/mol. The van der Waals surface area contributed by atoms with Gasteiger partial charge in [0.2, 0.25) is 6.41 Å². The van der Waals surface area contributed by atoms with Crippen LogP contribution in [-0.2, 0) is 17.9 Å². The third kappa shape index (κ3) is 1.56. The molecule has 2 heterocycles. The number of nitrogens with zero attached hydrogens (tertiary/aromatic N) is 3. The van der Waals surface area contributed by atoms with Gasteiger partial charge in [-0.3, -0.25) is 9.48 Å². The highest BCUT2D eigenvalue weighted by Crippen LogP contribution is 2.11. The molecule has 1 aromatic rings. The molecule has 0 N–H and O–H groups in total. The number of hydrogen-bond acceptors (Lipinski definition) is 2. The van der Waals surface area contributed by atoms with Crippen LogP contribution >= 0.6 is 0 Å². The third-order valence-electron chi connectivity index (χ3n) is 2.31. The number of fused-ring (bicyclic) bond motifs is 1. The van der Waals surface area contributed by atoms with Gasteiger partial charge in [0, 0.05) is 13.1 Å². The Balaban J connectivity index is 2.27. The van der Waals surface area contributed by atoms with Crippen molar-refractivity contribution < 1.29 is 4.79 Å². The molecule has 1 aromatic heterocycles. The zero-order chi connectivity index (χ0) is 9.26. The molecule has 0 aliphatic carbocycles. The van der Waals surface area contributed by atoms with Crippen molar-refractivity contribution in [3.8, 4) is 0 Å². The summed E-state index contributed by atoms with van der Waals surface area (Å²) in [6, 6.07) is 2.04. The number of rotatable bonds is 1. The van der Waals surface area contributed by atoms with Gasteiger partial charge in [0.15, 0.2) is 0 Å². The fraction of sp³-hybridized carbons (Fsp3) is 0.556. The Kier molecular flexibility index (Phi) is 2.04. The van der Waals surface area contributed by atoms with Crippen LogP contribution in [0.5, 0.6) is 0 Å². The van der Waals surface area contributed by atoms with Gasteiger partial charge in [-0.2, -0.15) is 5.10 Å². The first kappa shape index (κ1) is 8.29. The van der Waals surface area contributed by atoms with Gasteiger partial charge in [0.25, 0.3) is 0 Å². The number of hydrogen-bond donors (Lipinski definition) is 0. The summed E-state index contributed by atoms with van der Waals surface area (Å²) < 4.78 is 2.00. The van der Waals surface area contributed by atoms with E-state index in [1.54, 1.807) is 4.90 Å². The highest BCUT2D eigenvalue weighted by molar-refractivity contribution is 5.47. The highest BCUT2D eigenvalue weighted by atomic mass is 16.1. The fourth-order valence-corrected chi connectivity index (χ4v) is 1.72. The zero-order valence-corrected chi connectivity index (χ0v) is 7.73. The van der Waals surface area contributed by atoms with Gasteiger partial charge in [-0.1, -0.05) is 0 Å². The van der Waals surface area contributed by atoms with E-state index in [-0.39, 0.29) is 0 Å². The molecule has 4 heteroatoms. The van der Waals surface area contributed by atoms with E-state index in [0.29, 0.717) is 6.54 Å². The van der Waals surface area contributed by atoms with Crippen LogP contribution < -0.4 is 0 Å². The summed E-state index contributed by atoms with van der Waals surface area (Å²) in [6.07, 6.45) is 1.91. The minimum atomic E-state index is 0.699. The summed E-state index contributed by atoms with van der Waals surface area (Å²) in [5.41, 5.74) is 2.17. The lowest BCUT2D eigenvalue weighted by Gasteiger charge is -2.11. The molecule has 13 heavy (non-hydrogen) atoms. The third-order valence-corrected chi connectivity index (χ3v) is 2.31. The Labute approximate surface area is 77.1 Å². The minimum absolute atomic E-state index is 0.699. The first-order valence-corrected chi connectivity index (χ1v) is 4.52. The Morgan fingerprint density at radius 1 is 1.54 bits per heavy atom. The van der Waals surface area contributed by atoms with E-state index < -0.39 is 0 Å². The quantitative estimate of drug-likeness (QED) is 0.590. The summed E-state index contributed by atoms with van der Waals surface area (Å²) >= 11 is 0. The predicted molar refractivity (Wildman–Crippen MR) is 48.1 cm³/mol. The van der Waals surface area contributed by atoms with Crippen molar-refractivity contribution in [2.24, 2.45) is 0 Å². The Bertz CT molecular complexity index is 319. The van der Waals surface area contributed by atoms with Crippen LogP contribution in [0.3, 0.4) is 0 Å².